The Labute approximate surface area is 117 Å². The number of aryl methyl sites for hydroxylation is 2. The lowest BCUT2D eigenvalue weighted by molar-refractivity contribution is 0.981. The molecule has 0 aliphatic rings. The molecule has 1 nitrogen and oxygen atoms in total. The molecule has 19 heavy (non-hydrogen) atoms. The summed E-state index contributed by atoms with van der Waals surface area (Å²) in [5.74, 6) is 0. The third-order valence-electron chi connectivity index (χ3n) is 3.52. The Morgan fingerprint density at radius 2 is 1.84 bits per heavy atom. The van der Waals surface area contributed by atoms with Crippen molar-refractivity contribution >= 4 is 21.4 Å². The van der Waals surface area contributed by atoms with Gasteiger partial charge in [-0.25, -0.2) is 0 Å². The Hall–Kier alpha value is -1.67. The van der Waals surface area contributed by atoms with E-state index in [1.54, 1.807) is 0 Å². The van der Waals surface area contributed by atoms with Crippen molar-refractivity contribution in [2.75, 3.05) is 0 Å². The van der Waals surface area contributed by atoms with Gasteiger partial charge in [0.15, 0.2) is 0 Å². The molecular formula is C17H17NS. The molecule has 2 heterocycles. The van der Waals surface area contributed by atoms with Crippen molar-refractivity contribution in [3.63, 3.8) is 0 Å². The summed E-state index contributed by atoms with van der Waals surface area (Å²) in [6.07, 6.45) is 4.10. The summed E-state index contributed by atoms with van der Waals surface area (Å²) in [6.45, 7) is 4.40. The number of aromatic nitrogens is 1. The van der Waals surface area contributed by atoms with Crippen LogP contribution < -0.4 is 0 Å². The van der Waals surface area contributed by atoms with Crippen molar-refractivity contribution in [3.05, 3.63) is 53.9 Å². The zero-order chi connectivity index (χ0) is 13.2. The molecule has 0 atom stereocenters. The Kier molecular flexibility index (Phi) is 3.34. The molecular weight excluding hydrogens is 250 g/mol. The molecule has 96 valence electrons. The van der Waals surface area contributed by atoms with Gasteiger partial charge in [-0.1, -0.05) is 44.2 Å². The summed E-state index contributed by atoms with van der Waals surface area (Å²) < 4.78 is 1.30. The SMILES string of the molecule is CCc1ncc2sc(-c3ccccc3)cc2c1CC. The van der Waals surface area contributed by atoms with Crippen LogP contribution in [0.1, 0.15) is 25.1 Å². The van der Waals surface area contributed by atoms with E-state index < -0.39 is 0 Å². The van der Waals surface area contributed by atoms with Crippen LogP contribution >= 0.6 is 11.3 Å². The lowest BCUT2D eigenvalue weighted by Gasteiger charge is -2.05. The van der Waals surface area contributed by atoms with Crippen molar-refractivity contribution in [1.82, 2.24) is 4.98 Å². The maximum absolute atomic E-state index is 4.61. The van der Waals surface area contributed by atoms with Gasteiger partial charge < -0.3 is 0 Å². The second-order valence-corrected chi connectivity index (χ2v) is 5.73. The molecule has 3 aromatic rings. The second kappa shape index (κ2) is 5.14. The monoisotopic (exact) mass is 267 g/mol. The molecule has 0 saturated carbocycles. The van der Waals surface area contributed by atoms with Crippen LogP contribution in [0.25, 0.3) is 20.5 Å². The fraction of sp³-hybridized carbons (Fsp3) is 0.235. The van der Waals surface area contributed by atoms with Crippen LogP contribution in [0.5, 0.6) is 0 Å². The summed E-state index contributed by atoms with van der Waals surface area (Å²) in [5, 5.41) is 1.39. The predicted octanol–water partition coefficient (Wildman–Crippen LogP) is 5.09. The van der Waals surface area contributed by atoms with Gasteiger partial charge in [0.2, 0.25) is 0 Å². The molecule has 1 aromatic carbocycles. The van der Waals surface area contributed by atoms with Crippen molar-refractivity contribution in [2.24, 2.45) is 0 Å². The van der Waals surface area contributed by atoms with E-state index in [1.165, 1.54) is 31.8 Å². The Bertz CT molecular complexity index is 698. The second-order valence-electron chi connectivity index (χ2n) is 4.65. The summed E-state index contributed by atoms with van der Waals surface area (Å²) in [4.78, 5) is 5.95. The van der Waals surface area contributed by atoms with E-state index in [1.807, 2.05) is 17.5 Å². The highest BCUT2D eigenvalue weighted by Crippen LogP contribution is 2.35. The van der Waals surface area contributed by atoms with Crippen LogP contribution in [-0.2, 0) is 12.8 Å². The zero-order valence-corrected chi connectivity index (χ0v) is 12.1. The first-order chi connectivity index (χ1) is 9.33. The van der Waals surface area contributed by atoms with Crippen LogP contribution in [-0.4, -0.2) is 4.98 Å². The van der Waals surface area contributed by atoms with Gasteiger partial charge in [0, 0.05) is 16.8 Å². The van der Waals surface area contributed by atoms with Crippen LogP contribution in [0.3, 0.4) is 0 Å². The van der Waals surface area contributed by atoms with Gasteiger partial charge in [0.05, 0.1) is 4.70 Å². The quantitative estimate of drug-likeness (QED) is 0.644. The van der Waals surface area contributed by atoms with Gasteiger partial charge >= 0.3 is 0 Å². The molecule has 3 rings (SSSR count). The lowest BCUT2D eigenvalue weighted by atomic mass is 10.0. The van der Waals surface area contributed by atoms with E-state index in [0.717, 1.165) is 12.8 Å². The molecule has 0 radical (unpaired) electrons. The molecule has 2 heteroatoms. The van der Waals surface area contributed by atoms with Gasteiger partial charge in [-0.3, -0.25) is 4.98 Å². The number of hydrogen-bond donors (Lipinski definition) is 0. The standard InChI is InChI=1S/C17H17NS/c1-3-13-14-10-16(12-8-6-5-7-9-12)19-17(14)11-18-15(13)4-2/h5-11H,3-4H2,1-2H3. The maximum Gasteiger partial charge on any atom is 0.0535 e. The fourth-order valence-electron chi connectivity index (χ4n) is 2.55. The first-order valence-corrected chi connectivity index (χ1v) is 7.60. The zero-order valence-electron chi connectivity index (χ0n) is 11.3. The highest BCUT2D eigenvalue weighted by Gasteiger charge is 2.10. The van der Waals surface area contributed by atoms with Crippen LogP contribution in [0.4, 0.5) is 0 Å². The molecule has 0 aliphatic carbocycles. The number of rotatable bonds is 3. The number of benzene rings is 1. The van der Waals surface area contributed by atoms with E-state index in [9.17, 15) is 0 Å². The molecule has 2 aromatic heterocycles. The minimum atomic E-state index is 1.01. The van der Waals surface area contributed by atoms with E-state index in [4.69, 9.17) is 0 Å². The van der Waals surface area contributed by atoms with E-state index in [-0.39, 0.29) is 0 Å². The Morgan fingerprint density at radius 3 is 2.53 bits per heavy atom. The van der Waals surface area contributed by atoms with Gasteiger partial charge in [0.25, 0.3) is 0 Å². The van der Waals surface area contributed by atoms with Crippen LogP contribution in [0.2, 0.25) is 0 Å². The van der Waals surface area contributed by atoms with Crippen molar-refractivity contribution in [3.8, 4) is 10.4 Å². The number of thiophene rings is 1. The molecule has 0 N–H and O–H groups in total. The van der Waals surface area contributed by atoms with Crippen molar-refractivity contribution in [1.29, 1.82) is 0 Å². The molecule has 0 amide bonds. The minimum Gasteiger partial charge on any atom is -0.260 e. The van der Waals surface area contributed by atoms with Gasteiger partial charge in [-0.2, -0.15) is 0 Å². The minimum absolute atomic E-state index is 1.01. The largest absolute Gasteiger partial charge is 0.260 e. The first-order valence-electron chi connectivity index (χ1n) is 6.79. The van der Waals surface area contributed by atoms with Crippen LogP contribution in [0, 0.1) is 0 Å². The number of pyridine rings is 1. The van der Waals surface area contributed by atoms with Gasteiger partial charge in [-0.05, 0) is 35.4 Å². The molecule has 0 unspecified atom stereocenters. The Balaban J connectivity index is 2.21. The smallest absolute Gasteiger partial charge is 0.0535 e. The number of hydrogen-bond acceptors (Lipinski definition) is 2. The maximum atomic E-state index is 4.61. The third-order valence-corrected chi connectivity index (χ3v) is 4.64. The average molecular weight is 267 g/mol. The third kappa shape index (κ3) is 2.17. The molecule has 0 spiro atoms. The fourth-order valence-corrected chi connectivity index (χ4v) is 3.62. The normalized spacial score (nSPS) is 11.1. The topological polar surface area (TPSA) is 12.9 Å². The highest BCUT2D eigenvalue weighted by molar-refractivity contribution is 7.22. The molecule has 0 saturated heterocycles. The average Bonchev–Trinajstić information content (AvgIpc) is 2.91. The highest BCUT2D eigenvalue weighted by atomic mass is 32.1. The lowest BCUT2D eigenvalue weighted by Crippen LogP contribution is -1.94. The first kappa shape index (κ1) is 12.4. The summed E-state index contributed by atoms with van der Waals surface area (Å²) in [7, 11) is 0. The summed E-state index contributed by atoms with van der Waals surface area (Å²) >= 11 is 1.84. The molecule has 0 aliphatic heterocycles. The number of fused-ring (bicyclic) bond motifs is 1. The van der Waals surface area contributed by atoms with Crippen molar-refractivity contribution in [2.45, 2.75) is 26.7 Å². The van der Waals surface area contributed by atoms with Gasteiger partial charge in [-0.15, -0.1) is 11.3 Å². The molecule has 0 fully saturated rings. The van der Waals surface area contributed by atoms with Gasteiger partial charge in [0.1, 0.15) is 0 Å². The van der Waals surface area contributed by atoms with E-state index in [2.05, 4.69) is 55.2 Å². The van der Waals surface area contributed by atoms with E-state index >= 15 is 0 Å². The summed E-state index contributed by atoms with van der Waals surface area (Å²) in [5.41, 5.74) is 3.95. The number of nitrogens with zero attached hydrogens (tertiary/aromatic N) is 1. The molecule has 0 bridgehead atoms. The van der Waals surface area contributed by atoms with Crippen LogP contribution in [0.15, 0.2) is 42.6 Å². The Morgan fingerprint density at radius 1 is 1.05 bits per heavy atom. The summed E-state index contributed by atoms with van der Waals surface area (Å²) in [6, 6.07) is 12.9. The van der Waals surface area contributed by atoms with E-state index in [0.29, 0.717) is 0 Å². The predicted molar refractivity (Wildman–Crippen MR) is 83.8 cm³/mol. The van der Waals surface area contributed by atoms with Crippen molar-refractivity contribution < 1.29 is 0 Å².